The number of hydrogen-bond donors (Lipinski definition) is 1. The third-order valence-corrected chi connectivity index (χ3v) is 3.43. The average Bonchev–Trinajstić information content (AvgIpc) is 3.23. The third-order valence-electron chi connectivity index (χ3n) is 3.43. The molecule has 1 fully saturated rings. The number of rotatable bonds is 4. The Kier molecular flexibility index (Phi) is 3.20. The summed E-state index contributed by atoms with van der Waals surface area (Å²) in [7, 11) is 0. The molecule has 1 nitrogen and oxygen atoms in total. The smallest absolute Gasteiger partial charge is 0.149 e. The van der Waals surface area contributed by atoms with Crippen molar-refractivity contribution in [3.05, 3.63) is 65.2 Å². The number of nitrogens with one attached hydrogen (secondary N) is 1. The molecule has 0 spiro atoms. The van der Waals surface area contributed by atoms with E-state index in [-0.39, 0.29) is 5.69 Å². The van der Waals surface area contributed by atoms with Gasteiger partial charge in [-0.25, -0.2) is 8.78 Å². The van der Waals surface area contributed by atoms with Gasteiger partial charge in [-0.15, -0.1) is 0 Å². The summed E-state index contributed by atoms with van der Waals surface area (Å²) in [5.41, 5.74) is 2.32. The van der Waals surface area contributed by atoms with Gasteiger partial charge in [-0.1, -0.05) is 30.3 Å². The molecule has 3 rings (SSSR count). The molecule has 0 unspecified atom stereocenters. The average molecular weight is 259 g/mol. The van der Waals surface area contributed by atoms with E-state index in [0.29, 0.717) is 12.5 Å². The molecule has 2 aromatic carbocycles. The number of benzene rings is 2. The van der Waals surface area contributed by atoms with Crippen LogP contribution in [0.2, 0.25) is 0 Å². The maximum absolute atomic E-state index is 13.5. The van der Waals surface area contributed by atoms with E-state index in [1.165, 1.54) is 36.6 Å². The molecule has 3 heteroatoms. The van der Waals surface area contributed by atoms with Crippen LogP contribution in [-0.2, 0) is 6.54 Å². The summed E-state index contributed by atoms with van der Waals surface area (Å²) in [6.45, 7) is 0.429. The highest BCUT2D eigenvalue weighted by molar-refractivity contribution is 5.46. The Labute approximate surface area is 111 Å². The van der Waals surface area contributed by atoms with Gasteiger partial charge < -0.3 is 5.32 Å². The molecule has 0 aromatic heterocycles. The van der Waals surface area contributed by atoms with Crippen molar-refractivity contribution in [1.82, 2.24) is 0 Å². The van der Waals surface area contributed by atoms with Gasteiger partial charge in [0, 0.05) is 6.54 Å². The largest absolute Gasteiger partial charge is 0.376 e. The lowest BCUT2D eigenvalue weighted by molar-refractivity contribution is 0.588. The lowest BCUT2D eigenvalue weighted by atomic mass is 10.1. The molecule has 0 amide bonds. The van der Waals surface area contributed by atoms with Crippen LogP contribution in [0.4, 0.5) is 14.5 Å². The molecule has 0 atom stereocenters. The summed E-state index contributed by atoms with van der Waals surface area (Å²) in [5, 5.41) is 2.83. The Hall–Kier alpha value is -1.90. The van der Waals surface area contributed by atoms with Crippen molar-refractivity contribution >= 4 is 5.69 Å². The first-order valence-electron chi connectivity index (χ1n) is 6.51. The highest BCUT2D eigenvalue weighted by atomic mass is 19.1. The standard InChI is InChI=1S/C16H15F2N/c17-14-5-2-6-15(18)16(14)19-10-11-3-1-4-13(9-11)12-7-8-12/h1-6,9,12,19H,7-8,10H2. The van der Waals surface area contributed by atoms with E-state index in [1.807, 2.05) is 12.1 Å². The minimum Gasteiger partial charge on any atom is -0.376 e. The Bertz CT molecular complexity index is 571. The fourth-order valence-electron chi connectivity index (χ4n) is 2.23. The van der Waals surface area contributed by atoms with Crippen LogP contribution in [0.5, 0.6) is 0 Å². The Morgan fingerprint density at radius 3 is 2.37 bits per heavy atom. The van der Waals surface area contributed by atoms with Gasteiger partial charge in [0.15, 0.2) is 0 Å². The first-order valence-corrected chi connectivity index (χ1v) is 6.51. The van der Waals surface area contributed by atoms with Gasteiger partial charge in [-0.05, 0) is 42.0 Å². The molecule has 1 aliphatic carbocycles. The van der Waals surface area contributed by atoms with Crippen LogP contribution in [0, 0.1) is 11.6 Å². The first kappa shape index (κ1) is 12.2. The molecule has 0 aliphatic heterocycles. The second kappa shape index (κ2) is 5.00. The van der Waals surface area contributed by atoms with Gasteiger partial charge in [-0.3, -0.25) is 0 Å². The van der Waals surface area contributed by atoms with Crippen LogP contribution >= 0.6 is 0 Å². The SMILES string of the molecule is Fc1cccc(F)c1NCc1cccc(C2CC2)c1. The Morgan fingerprint density at radius 2 is 1.68 bits per heavy atom. The molecular formula is C16H15F2N. The van der Waals surface area contributed by atoms with E-state index in [2.05, 4.69) is 17.4 Å². The summed E-state index contributed by atoms with van der Waals surface area (Å²) >= 11 is 0. The Morgan fingerprint density at radius 1 is 1.00 bits per heavy atom. The molecule has 0 heterocycles. The Balaban J connectivity index is 1.73. The van der Waals surface area contributed by atoms with Crippen LogP contribution in [0.3, 0.4) is 0 Å². The predicted molar refractivity (Wildman–Crippen MR) is 72.1 cm³/mol. The van der Waals surface area contributed by atoms with Crippen LogP contribution < -0.4 is 5.32 Å². The van der Waals surface area contributed by atoms with Gasteiger partial charge in [-0.2, -0.15) is 0 Å². The van der Waals surface area contributed by atoms with Crippen molar-refractivity contribution in [1.29, 1.82) is 0 Å². The molecule has 98 valence electrons. The van der Waals surface area contributed by atoms with Crippen molar-refractivity contribution in [3.8, 4) is 0 Å². The summed E-state index contributed by atoms with van der Waals surface area (Å²) in [6.07, 6.45) is 2.50. The first-order chi connectivity index (χ1) is 9.24. The molecule has 1 saturated carbocycles. The number of para-hydroxylation sites is 1. The summed E-state index contributed by atoms with van der Waals surface area (Å²) in [5.74, 6) is -0.429. The zero-order chi connectivity index (χ0) is 13.2. The molecule has 0 radical (unpaired) electrons. The molecule has 0 saturated heterocycles. The van der Waals surface area contributed by atoms with Crippen molar-refractivity contribution in [2.45, 2.75) is 25.3 Å². The number of anilines is 1. The highest BCUT2D eigenvalue weighted by Crippen LogP contribution is 2.40. The maximum Gasteiger partial charge on any atom is 0.149 e. The fourth-order valence-corrected chi connectivity index (χ4v) is 2.23. The normalized spacial score (nSPS) is 14.4. The molecule has 1 aliphatic rings. The van der Waals surface area contributed by atoms with Crippen molar-refractivity contribution < 1.29 is 8.78 Å². The molecule has 0 bridgehead atoms. The predicted octanol–water partition coefficient (Wildman–Crippen LogP) is 4.45. The highest BCUT2D eigenvalue weighted by Gasteiger charge is 2.23. The van der Waals surface area contributed by atoms with Crippen LogP contribution in [0.25, 0.3) is 0 Å². The van der Waals surface area contributed by atoms with Gasteiger partial charge in [0.1, 0.15) is 17.3 Å². The minimum absolute atomic E-state index is 0.0562. The topological polar surface area (TPSA) is 12.0 Å². The third kappa shape index (κ3) is 2.75. The number of hydrogen-bond acceptors (Lipinski definition) is 1. The van der Waals surface area contributed by atoms with E-state index < -0.39 is 11.6 Å². The van der Waals surface area contributed by atoms with E-state index >= 15 is 0 Å². The summed E-state index contributed by atoms with van der Waals surface area (Å²) in [6, 6.07) is 12.1. The van der Waals surface area contributed by atoms with Gasteiger partial charge >= 0.3 is 0 Å². The lowest BCUT2D eigenvalue weighted by Gasteiger charge is -2.09. The summed E-state index contributed by atoms with van der Waals surface area (Å²) in [4.78, 5) is 0. The van der Waals surface area contributed by atoms with E-state index in [9.17, 15) is 8.78 Å². The van der Waals surface area contributed by atoms with Gasteiger partial charge in [0.2, 0.25) is 0 Å². The van der Waals surface area contributed by atoms with Gasteiger partial charge in [0.05, 0.1) is 0 Å². The van der Waals surface area contributed by atoms with Crippen LogP contribution in [0.15, 0.2) is 42.5 Å². The molecule has 2 aromatic rings. The van der Waals surface area contributed by atoms with Crippen LogP contribution in [-0.4, -0.2) is 0 Å². The lowest BCUT2D eigenvalue weighted by Crippen LogP contribution is -2.04. The molecule has 1 N–H and O–H groups in total. The second-order valence-electron chi connectivity index (χ2n) is 4.97. The zero-order valence-corrected chi connectivity index (χ0v) is 10.5. The maximum atomic E-state index is 13.5. The quantitative estimate of drug-likeness (QED) is 0.855. The fraction of sp³-hybridized carbons (Fsp3) is 0.250. The second-order valence-corrected chi connectivity index (χ2v) is 4.97. The van der Waals surface area contributed by atoms with Gasteiger partial charge in [0.25, 0.3) is 0 Å². The van der Waals surface area contributed by atoms with E-state index in [1.54, 1.807) is 0 Å². The summed E-state index contributed by atoms with van der Waals surface area (Å²) < 4.78 is 26.9. The van der Waals surface area contributed by atoms with Crippen LogP contribution in [0.1, 0.15) is 29.9 Å². The molecular weight excluding hydrogens is 244 g/mol. The minimum atomic E-state index is -0.557. The zero-order valence-electron chi connectivity index (χ0n) is 10.5. The molecule has 19 heavy (non-hydrogen) atoms. The van der Waals surface area contributed by atoms with Crippen molar-refractivity contribution in [2.24, 2.45) is 0 Å². The number of halogens is 2. The van der Waals surface area contributed by atoms with E-state index in [4.69, 9.17) is 0 Å². The van der Waals surface area contributed by atoms with Crippen molar-refractivity contribution in [3.63, 3.8) is 0 Å². The van der Waals surface area contributed by atoms with E-state index in [0.717, 1.165) is 5.56 Å². The monoisotopic (exact) mass is 259 g/mol. The van der Waals surface area contributed by atoms with Crippen molar-refractivity contribution in [2.75, 3.05) is 5.32 Å².